The molecule has 10 nitrogen and oxygen atoms in total. The van der Waals surface area contributed by atoms with Gasteiger partial charge in [0.15, 0.2) is 0 Å². The molecular weight excluding hydrogens is 500 g/mol. The van der Waals surface area contributed by atoms with Gasteiger partial charge >= 0.3 is 6.09 Å². The molecule has 0 bridgehead atoms. The highest BCUT2D eigenvalue weighted by Gasteiger charge is 2.31. The van der Waals surface area contributed by atoms with Crippen LogP contribution in [0.25, 0.3) is 10.8 Å². The van der Waals surface area contributed by atoms with Crippen molar-refractivity contribution in [1.29, 1.82) is 0 Å². The number of fused-ring (bicyclic) bond motifs is 1. The third-order valence-electron chi connectivity index (χ3n) is 6.97. The minimum Gasteiger partial charge on any atom is -0.465 e. The molecule has 4 unspecified atom stereocenters. The normalized spacial score (nSPS) is 17.2. The Kier molecular flexibility index (Phi) is 10.8. The quantitative estimate of drug-likeness (QED) is 0.233. The van der Waals surface area contributed by atoms with Crippen LogP contribution in [-0.2, 0) is 25.6 Å². The zero-order valence-electron chi connectivity index (χ0n) is 22.4. The lowest BCUT2D eigenvalue weighted by atomic mass is 9.94. The van der Waals surface area contributed by atoms with Crippen molar-refractivity contribution < 1.29 is 29.1 Å². The predicted molar refractivity (Wildman–Crippen MR) is 147 cm³/mol. The van der Waals surface area contributed by atoms with E-state index in [1.54, 1.807) is 0 Å². The van der Waals surface area contributed by atoms with Gasteiger partial charge in [0.05, 0.1) is 0 Å². The third-order valence-corrected chi connectivity index (χ3v) is 6.97. The van der Waals surface area contributed by atoms with Crippen LogP contribution in [0.3, 0.4) is 0 Å². The van der Waals surface area contributed by atoms with Crippen LogP contribution in [0.15, 0.2) is 42.5 Å². The van der Waals surface area contributed by atoms with Crippen LogP contribution in [0.2, 0.25) is 0 Å². The Morgan fingerprint density at radius 3 is 2.41 bits per heavy atom. The van der Waals surface area contributed by atoms with Crippen molar-refractivity contribution in [3.05, 3.63) is 48.0 Å². The largest absolute Gasteiger partial charge is 0.465 e. The van der Waals surface area contributed by atoms with Gasteiger partial charge in [-0.25, -0.2) is 4.79 Å². The monoisotopic (exact) mass is 538 g/mol. The second-order valence-corrected chi connectivity index (χ2v) is 10.5. The molecule has 4 amide bonds. The first-order valence-electron chi connectivity index (χ1n) is 13.5. The number of benzene rings is 2. The zero-order valence-corrected chi connectivity index (χ0v) is 22.4. The topological polar surface area (TPSA) is 154 Å². The smallest absolute Gasteiger partial charge is 0.405 e. The van der Waals surface area contributed by atoms with Crippen molar-refractivity contribution in [3.8, 4) is 0 Å². The van der Waals surface area contributed by atoms with Crippen LogP contribution in [0.4, 0.5) is 4.79 Å². The van der Waals surface area contributed by atoms with Crippen LogP contribution in [0.5, 0.6) is 0 Å². The van der Waals surface area contributed by atoms with E-state index in [0.717, 1.165) is 22.6 Å². The molecule has 3 rings (SSSR count). The fraction of sp³-hybridized carbons (Fsp3) is 0.483. The summed E-state index contributed by atoms with van der Waals surface area (Å²) in [4.78, 5) is 61.4. The van der Waals surface area contributed by atoms with E-state index in [9.17, 15) is 29.1 Å². The van der Waals surface area contributed by atoms with Crippen molar-refractivity contribution in [3.63, 3.8) is 0 Å². The molecule has 2 aromatic rings. The van der Waals surface area contributed by atoms with Gasteiger partial charge in [0.2, 0.25) is 17.7 Å². The number of amides is 4. The summed E-state index contributed by atoms with van der Waals surface area (Å²) in [5, 5.41) is 22.1. The first kappa shape index (κ1) is 29.6. The van der Waals surface area contributed by atoms with Gasteiger partial charge in [-0.3, -0.25) is 14.4 Å². The van der Waals surface area contributed by atoms with E-state index in [1.807, 2.05) is 56.3 Å². The summed E-state index contributed by atoms with van der Waals surface area (Å²) in [6, 6.07) is 10.8. The zero-order chi connectivity index (χ0) is 28.4. The third kappa shape index (κ3) is 8.80. The molecule has 0 aromatic heterocycles. The molecule has 5 N–H and O–H groups in total. The Balaban J connectivity index is 1.76. The number of nitrogens with one attached hydrogen (secondary N) is 4. The molecular formula is C29H38N4O6. The van der Waals surface area contributed by atoms with Gasteiger partial charge in [-0.05, 0) is 47.9 Å². The van der Waals surface area contributed by atoms with Crippen LogP contribution >= 0.6 is 0 Å². The average molecular weight is 539 g/mol. The second kappa shape index (κ2) is 14.3. The number of hydrogen-bond donors (Lipinski definition) is 5. The Hall–Kier alpha value is -3.95. The highest BCUT2D eigenvalue weighted by atomic mass is 16.4. The molecule has 0 spiro atoms. The lowest BCUT2D eigenvalue weighted by molar-refractivity contribution is -0.131. The summed E-state index contributed by atoms with van der Waals surface area (Å²) in [5.74, 6) is -1.29. The highest BCUT2D eigenvalue weighted by Crippen LogP contribution is 2.21. The minimum atomic E-state index is -1.34. The number of hydrogen-bond acceptors (Lipinski definition) is 5. The van der Waals surface area contributed by atoms with E-state index >= 15 is 0 Å². The molecule has 1 fully saturated rings. The van der Waals surface area contributed by atoms with E-state index in [-0.39, 0.29) is 30.6 Å². The van der Waals surface area contributed by atoms with Crippen molar-refractivity contribution in [1.82, 2.24) is 21.3 Å². The Bertz CT molecular complexity index is 1180. The number of aldehydes is 1. The molecule has 1 aliphatic rings. The predicted octanol–water partition coefficient (Wildman–Crippen LogP) is 2.54. The minimum absolute atomic E-state index is 0.0547. The van der Waals surface area contributed by atoms with Gasteiger partial charge in [-0.1, -0.05) is 56.3 Å². The Morgan fingerprint density at radius 2 is 1.74 bits per heavy atom. The maximum Gasteiger partial charge on any atom is 0.405 e. The maximum absolute atomic E-state index is 13.4. The Labute approximate surface area is 228 Å². The summed E-state index contributed by atoms with van der Waals surface area (Å²) in [6.07, 6.45) is 1.54. The van der Waals surface area contributed by atoms with Gasteiger partial charge in [0.1, 0.15) is 18.4 Å². The van der Waals surface area contributed by atoms with E-state index in [1.165, 1.54) is 0 Å². The van der Waals surface area contributed by atoms with E-state index in [2.05, 4.69) is 21.3 Å². The van der Waals surface area contributed by atoms with E-state index in [0.29, 0.717) is 32.2 Å². The van der Waals surface area contributed by atoms with Crippen LogP contribution in [0.1, 0.15) is 51.5 Å². The summed E-state index contributed by atoms with van der Waals surface area (Å²) in [7, 11) is 0. The van der Waals surface area contributed by atoms with Gasteiger partial charge in [0, 0.05) is 31.3 Å². The Morgan fingerprint density at radius 1 is 1.03 bits per heavy atom. The molecule has 1 aliphatic heterocycles. The first-order chi connectivity index (χ1) is 18.7. The molecule has 4 atom stereocenters. The number of carbonyl (C=O) groups is 5. The second-order valence-electron chi connectivity index (χ2n) is 10.5. The van der Waals surface area contributed by atoms with Crippen molar-refractivity contribution in [2.24, 2.45) is 11.8 Å². The lowest BCUT2D eigenvalue weighted by Gasteiger charge is -2.27. The molecule has 0 radical (unpaired) electrons. The lowest BCUT2D eigenvalue weighted by Crippen LogP contribution is -2.55. The van der Waals surface area contributed by atoms with Crippen molar-refractivity contribution >= 4 is 40.9 Å². The van der Waals surface area contributed by atoms with Crippen molar-refractivity contribution in [2.45, 2.75) is 70.5 Å². The number of carboxylic acid groups (broad SMARTS) is 1. The SMILES string of the molecule is CC(C)CC(NC(=O)C(Cc1cccc2ccccc12)NC(=O)O)C(=O)NC(CCC=O)CC1CCNC1=O. The molecule has 1 heterocycles. The summed E-state index contributed by atoms with van der Waals surface area (Å²) in [5.41, 5.74) is 0.802. The van der Waals surface area contributed by atoms with Crippen LogP contribution < -0.4 is 21.3 Å². The maximum atomic E-state index is 13.4. The molecule has 0 aliphatic carbocycles. The van der Waals surface area contributed by atoms with Gasteiger partial charge in [-0.15, -0.1) is 0 Å². The van der Waals surface area contributed by atoms with E-state index in [4.69, 9.17) is 0 Å². The molecule has 39 heavy (non-hydrogen) atoms. The number of carbonyl (C=O) groups excluding carboxylic acids is 4. The molecule has 1 saturated heterocycles. The summed E-state index contributed by atoms with van der Waals surface area (Å²) < 4.78 is 0. The first-order valence-corrected chi connectivity index (χ1v) is 13.5. The fourth-order valence-electron chi connectivity index (χ4n) is 5.06. The molecule has 0 saturated carbocycles. The van der Waals surface area contributed by atoms with Crippen molar-refractivity contribution in [2.75, 3.05) is 6.54 Å². The summed E-state index contributed by atoms with van der Waals surface area (Å²) in [6.45, 7) is 4.42. The van der Waals surface area contributed by atoms with Gasteiger partial charge < -0.3 is 31.2 Å². The highest BCUT2D eigenvalue weighted by molar-refractivity contribution is 5.92. The van der Waals surface area contributed by atoms with Gasteiger partial charge in [0.25, 0.3) is 0 Å². The van der Waals surface area contributed by atoms with Crippen LogP contribution in [0, 0.1) is 11.8 Å². The standard InChI is InChI=1S/C29H38N4O6/c1-18(2)15-24(27(36)31-22(10-6-14-34)16-21-12-13-30-26(21)35)32-28(37)25(33-29(38)39)17-20-9-5-8-19-7-3-4-11-23(19)20/h3-5,7-9,11,14,18,21-22,24-25,33H,6,10,12-13,15-17H2,1-2H3,(H,30,35)(H,31,36)(H,32,37)(H,38,39). The fourth-order valence-corrected chi connectivity index (χ4v) is 5.06. The van der Waals surface area contributed by atoms with Crippen LogP contribution in [-0.4, -0.2) is 59.9 Å². The van der Waals surface area contributed by atoms with Gasteiger partial charge in [-0.2, -0.15) is 0 Å². The number of rotatable bonds is 14. The molecule has 2 aromatic carbocycles. The molecule has 10 heteroatoms. The average Bonchev–Trinajstić information content (AvgIpc) is 3.30. The molecule has 210 valence electrons. The summed E-state index contributed by atoms with van der Waals surface area (Å²) >= 11 is 0. The van der Waals surface area contributed by atoms with E-state index < -0.39 is 36.0 Å².